The lowest BCUT2D eigenvalue weighted by atomic mass is 10.3. The molecular formula is C13H12ClNO3S2. The fraction of sp³-hybridized carbons (Fsp3) is 0.154. The monoisotopic (exact) mass is 329 g/mol. The first-order valence-electron chi connectivity index (χ1n) is 5.77. The molecule has 0 bridgehead atoms. The molecule has 2 rings (SSSR count). The van der Waals surface area contributed by atoms with Crippen LogP contribution in [0.15, 0.2) is 53.7 Å². The average Bonchev–Trinajstić information content (AvgIpc) is 2.41. The molecule has 0 aliphatic rings. The second kappa shape index (κ2) is 6.97. The van der Waals surface area contributed by atoms with Gasteiger partial charge < -0.3 is 4.18 Å². The van der Waals surface area contributed by atoms with Crippen LogP contribution < -0.4 is 4.18 Å². The first-order valence-corrected chi connectivity index (χ1v) is 8.71. The Bertz CT molecular complexity index is 662. The lowest BCUT2D eigenvalue weighted by Gasteiger charge is -2.06. The van der Waals surface area contributed by atoms with Crippen LogP contribution in [0.25, 0.3) is 0 Å². The van der Waals surface area contributed by atoms with Crippen LogP contribution in [0.4, 0.5) is 0 Å². The van der Waals surface area contributed by atoms with Crippen molar-refractivity contribution in [1.82, 2.24) is 4.98 Å². The van der Waals surface area contributed by atoms with Gasteiger partial charge in [-0.2, -0.15) is 8.42 Å². The summed E-state index contributed by atoms with van der Waals surface area (Å²) in [6.07, 6.45) is 1.61. The molecule has 106 valence electrons. The summed E-state index contributed by atoms with van der Waals surface area (Å²) < 4.78 is 28.5. The number of hydrogen-bond acceptors (Lipinski definition) is 5. The van der Waals surface area contributed by atoms with E-state index in [1.54, 1.807) is 48.7 Å². The summed E-state index contributed by atoms with van der Waals surface area (Å²) >= 11 is 7.22. The van der Waals surface area contributed by atoms with Crippen molar-refractivity contribution >= 4 is 33.5 Å². The summed E-state index contributed by atoms with van der Waals surface area (Å²) in [5, 5.41) is 1.13. The van der Waals surface area contributed by atoms with Crippen LogP contribution in [0.2, 0.25) is 5.02 Å². The highest BCUT2D eigenvalue weighted by Crippen LogP contribution is 2.24. The van der Waals surface area contributed by atoms with Gasteiger partial charge in [-0.3, -0.25) is 0 Å². The maximum Gasteiger partial charge on any atom is 0.310 e. The third kappa shape index (κ3) is 4.70. The number of para-hydroxylation sites is 1. The molecule has 0 unspecified atom stereocenters. The zero-order valence-electron chi connectivity index (χ0n) is 10.4. The van der Waals surface area contributed by atoms with Crippen LogP contribution in [0.3, 0.4) is 0 Å². The quantitative estimate of drug-likeness (QED) is 0.601. The topological polar surface area (TPSA) is 56.3 Å². The molecule has 0 spiro atoms. The molecule has 0 radical (unpaired) electrons. The highest BCUT2D eigenvalue weighted by molar-refractivity contribution is 8.00. The van der Waals surface area contributed by atoms with Crippen molar-refractivity contribution < 1.29 is 12.6 Å². The maximum atomic E-state index is 11.8. The van der Waals surface area contributed by atoms with E-state index in [0.29, 0.717) is 21.6 Å². The minimum absolute atomic E-state index is 0.112. The Morgan fingerprint density at radius 2 is 1.90 bits per heavy atom. The van der Waals surface area contributed by atoms with E-state index in [-0.39, 0.29) is 5.75 Å². The van der Waals surface area contributed by atoms with Crippen molar-refractivity contribution in [3.05, 3.63) is 53.7 Å². The molecule has 0 atom stereocenters. The fourth-order valence-electron chi connectivity index (χ4n) is 1.38. The van der Waals surface area contributed by atoms with E-state index < -0.39 is 10.1 Å². The van der Waals surface area contributed by atoms with E-state index in [2.05, 4.69) is 4.98 Å². The summed E-state index contributed by atoms with van der Waals surface area (Å²) in [7, 11) is -3.61. The average molecular weight is 330 g/mol. The van der Waals surface area contributed by atoms with Crippen molar-refractivity contribution in [2.24, 2.45) is 0 Å². The van der Waals surface area contributed by atoms with Crippen LogP contribution in [0, 0.1) is 0 Å². The van der Waals surface area contributed by atoms with Gasteiger partial charge in [0.15, 0.2) is 0 Å². The molecule has 1 aromatic carbocycles. The molecule has 0 amide bonds. The third-order valence-corrected chi connectivity index (χ3v) is 5.10. The van der Waals surface area contributed by atoms with E-state index in [1.165, 1.54) is 11.8 Å². The van der Waals surface area contributed by atoms with Gasteiger partial charge in [-0.1, -0.05) is 29.8 Å². The Hall–Kier alpha value is -1.24. The number of rotatable bonds is 6. The molecule has 2 aromatic rings. The van der Waals surface area contributed by atoms with Crippen LogP contribution in [0.5, 0.6) is 5.75 Å². The summed E-state index contributed by atoms with van der Waals surface area (Å²) in [6, 6.07) is 11.9. The molecule has 0 aliphatic heterocycles. The Balaban J connectivity index is 1.89. The van der Waals surface area contributed by atoms with Crippen molar-refractivity contribution in [2.75, 3.05) is 11.5 Å². The number of halogens is 1. The first kappa shape index (κ1) is 15.2. The normalized spacial score (nSPS) is 11.2. The Labute approximate surface area is 127 Å². The smallest absolute Gasteiger partial charge is 0.310 e. The SMILES string of the molecule is O=S(=O)(CCSc1ncccc1Cl)Oc1ccccc1. The molecule has 0 fully saturated rings. The molecule has 0 saturated carbocycles. The molecule has 4 nitrogen and oxygen atoms in total. The Morgan fingerprint density at radius 3 is 2.60 bits per heavy atom. The lowest BCUT2D eigenvalue weighted by Crippen LogP contribution is -2.15. The predicted octanol–water partition coefficient (Wildman–Crippen LogP) is 3.24. The minimum Gasteiger partial charge on any atom is -0.382 e. The van der Waals surface area contributed by atoms with Crippen molar-refractivity contribution in [1.29, 1.82) is 0 Å². The van der Waals surface area contributed by atoms with Crippen LogP contribution in [0.1, 0.15) is 0 Å². The second-order valence-electron chi connectivity index (χ2n) is 3.80. The number of nitrogens with zero attached hydrogens (tertiary/aromatic N) is 1. The van der Waals surface area contributed by atoms with Gasteiger partial charge in [0, 0.05) is 11.9 Å². The van der Waals surface area contributed by atoms with Gasteiger partial charge in [0.25, 0.3) is 0 Å². The van der Waals surface area contributed by atoms with Gasteiger partial charge in [0.2, 0.25) is 0 Å². The Morgan fingerprint density at radius 1 is 1.15 bits per heavy atom. The third-order valence-electron chi connectivity index (χ3n) is 2.26. The Kier molecular flexibility index (Phi) is 5.28. The van der Waals surface area contributed by atoms with E-state index >= 15 is 0 Å². The van der Waals surface area contributed by atoms with E-state index in [1.807, 2.05) is 0 Å². The van der Waals surface area contributed by atoms with Crippen molar-refractivity contribution in [2.45, 2.75) is 5.03 Å². The van der Waals surface area contributed by atoms with E-state index in [0.717, 1.165) is 0 Å². The predicted molar refractivity (Wildman–Crippen MR) is 80.8 cm³/mol. The van der Waals surface area contributed by atoms with Crippen molar-refractivity contribution in [3.63, 3.8) is 0 Å². The largest absolute Gasteiger partial charge is 0.382 e. The van der Waals surface area contributed by atoms with Gasteiger partial charge >= 0.3 is 10.1 Å². The highest BCUT2D eigenvalue weighted by Gasteiger charge is 2.13. The fourth-order valence-corrected chi connectivity index (χ4v) is 3.84. The van der Waals surface area contributed by atoms with Gasteiger partial charge in [0.1, 0.15) is 10.8 Å². The summed E-state index contributed by atoms with van der Waals surface area (Å²) in [6.45, 7) is 0. The molecular weight excluding hydrogens is 318 g/mol. The van der Waals surface area contributed by atoms with Gasteiger partial charge in [-0.25, -0.2) is 4.98 Å². The standard InChI is InChI=1S/C13H12ClNO3S2/c14-12-7-4-8-15-13(12)19-9-10-20(16,17)18-11-5-2-1-3-6-11/h1-8H,9-10H2. The van der Waals surface area contributed by atoms with E-state index in [4.69, 9.17) is 15.8 Å². The number of hydrogen-bond donors (Lipinski definition) is 0. The van der Waals surface area contributed by atoms with Crippen LogP contribution >= 0.6 is 23.4 Å². The molecule has 0 N–H and O–H groups in total. The maximum absolute atomic E-state index is 11.8. The lowest BCUT2D eigenvalue weighted by molar-refractivity contribution is 0.488. The molecule has 0 aliphatic carbocycles. The molecule has 0 saturated heterocycles. The molecule has 1 aromatic heterocycles. The van der Waals surface area contributed by atoms with Gasteiger partial charge in [0.05, 0.1) is 10.8 Å². The molecule has 7 heteroatoms. The summed E-state index contributed by atoms with van der Waals surface area (Å²) in [5.41, 5.74) is 0. The zero-order chi connectivity index (χ0) is 14.4. The van der Waals surface area contributed by atoms with Crippen LogP contribution in [-0.4, -0.2) is 24.9 Å². The number of benzene rings is 1. The highest BCUT2D eigenvalue weighted by atomic mass is 35.5. The molecule has 1 heterocycles. The van der Waals surface area contributed by atoms with Crippen LogP contribution in [-0.2, 0) is 10.1 Å². The minimum atomic E-state index is -3.61. The van der Waals surface area contributed by atoms with Gasteiger partial charge in [-0.15, -0.1) is 11.8 Å². The molecule has 20 heavy (non-hydrogen) atoms. The van der Waals surface area contributed by atoms with Crippen molar-refractivity contribution in [3.8, 4) is 5.75 Å². The van der Waals surface area contributed by atoms with Gasteiger partial charge in [-0.05, 0) is 24.3 Å². The number of pyridine rings is 1. The summed E-state index contributed by atoms with van der Waals surface area (Å²) in [5.74, 6) is 0.527. The second-order valence-corrected chi connectivity index (χ2v) is 6.98. The number of thioether (sulfide) groups is 1. The number of aromatic nitrogens is 1. The zero-order valence-corrected chi connectivity index (χ0v) is 12.8. The first-order chi connectivity index (χ1) is 9.57. The van der Waals surface area contributed by atoms with E-state index in [9.17, 15) is 8.42 Å². The summed E-state index contributed by atoms with van der Waals surface area (Å²) in [4.78, 5) is 4.08.